The van der Waals surface area contributed by atoms with Crippen molar-refractivity contribution in [2.75, 3.05) is 17.7 Å². The van der Waals surface area contributed by atoms with Crippen LogP contribution in [0.4, 0.5) is 11.4 Å². The number of hydrogen-bond acceptors (Lipinski definition) is 4. The van der Waals surface area contributed by atoms with Gasteiger partial charge in [0.25, 0.3) is 0 Å². The molecule has 23 heavy (non-hydrogen) atoms. The summed E-state index contributed by atoms with van der Waals surface area (Å²) >= 11 is 0. The van der Waals surface area contributed by atoms with Crippen LogP contribution in [0, 0.1) is 11.3 Å². The fraction of sp³-hybridized carbons (Fsp3) is 0.222. The number of carbonyl (C=O) groups excluding carboxylic acids is 1. The molecule has 0 bridgehead atoms. The predicted octanol–water partition coefficient (Wildman–Crippen LogP) is 3.20. The molecule has 1 unspecified atom stereocenters. The van der Waals surface area contributed by atoms with E-state index in [4.69, 9.17) is 10.00 Å². The lowest BCUT2D eigenvalue weighted by molar-refractivity contribution is -0.116. The van der Waals surface area contributed by atoms with Gasteiger partial charge in [-0.2, -0.15) is 5.26 Å². The van der Waals surface area contributed by atoms with E-state index in [2.05, 4.69) is 16.7 Å². The SMILES string of the molecule is COc1ccccc1NC(=O)C(C)Nc1ccc(CC#N)cc1. The van der Waals surface area contributed by atoms with E-state index in [0.29, 0.717) is 17.9 Å². The summed E-state index contributed by atoms with van der Waals surface area (Å²) in [6.45, 7) is 1.79. The van der Waals surface area contributed by atoms with Crippen LogP contribution in [-0.4, -0.2) is 19.1 Å². The summed E-state index contributed by atoms with van der Waals surface area (Å²) in [5.41, 5.74) is 2.41. The highest BCUT2D eigenvalue weighted by Crippen LogP contribution is 2.23. The number of ether oxygens (including phenoxy) is 1. The van der Waals surface area contributed by atoms with Crippen LogP contribution in [0.5, 0.6) is 5.75 Å². The Morgan fingerprint density at radius 3 is 2.57 bits per heavy atom. The maximum absolute atomic E-state index is 12.3. The first-order chi connectivity index (χ1) is 11.1. The largest absolute Gasteiger partial charge is 0.495 e. The number of amides is 1. The number of nitriles is 1. The van der Waals surface area contributed by atoms with Crippen LogP contribution < -0.4 is 15.4 Å². The first kappa shape index (κ1) is 16.4. The van der Waals surface area contributed by atoms with Crippen LogP contribution in [0.1, 0.15) is 12.5 Å². The van der Waals surface area contributed by atoms with Gasteiger partial charge in [-0.3, -0.25) is 4.79 Å². The third-order valence-corrected chi connectivity index (χ3v) is 3.38. The molecule has 0 aromatic heterocycles. The third kappa shape index (κ3) is 4.48. The fourth-order valence-corrected chi connectivity index (χ4v) is 2.11. The van der Waals surface area contributed by atoms with Crippen molar-refractivity contribution in [3.05, 3.63) is 54.1 Å². The van der Waals surface area contributed by atoms with Crippen molar-refractivity contribution in [2.45, 2.75) is 19.4 Å². The zero-order valence-electron chi connectivity index (χ0n) is 13.2. The molecule has 5 nitrogen and oxygen atoms in total. The van der Waals surface area contributed by atoms with Crippen LogP contribution in [0.15, 0.2) is 48.5 Å². The summed E-state index contributed by atoms with van der Waals surface area (Å²) in [7, 11) is 1.56. The number of benzene rings is 2. The molecule has 0 saturated heterocycles. The second kappa shape index (κ2) is 7.85. The number of nitrogens with zero attached hydrogens (tertiary/aromatic N) is 1. The fourth-order valence-electron chi connectivity index (χ4n) is 2.11. The van der Waals surface area contributed by atoms with Crippen molar-refractivity contribution in [2.24, 2.45) is 0 Å². The Kier molecular flexibility index (Phi) is 5.59. The molecule has 0 aliphatic rings. The van der Waals surface area contributed by atoms with Crippen molar-refractivity contribution in [3.8, 4) is 11.8 Å². The molecule has 1 atom stereocenters. The van der Waals surface area contributed by atoms with Gasteiger partial charge in [0.05, 0.1) is 25.3 Å². The summed E-state index contributed by atoms with van der Waals surface area (Å²) in [6.07, 6.45) is 0.379. The zero-order chi connectivity index (χ0) is 16.7. The molecule has 2 N–H and O–H groups in total. The molecule has 0 spiro atoms. The van der Waals surface area contributed by atoms with Gasteiger partial charge in [-0.15, -0.1) is 0 Å². The van der Waals surface area contributed by atoms with E-state index < -0.39 is 6.04 Å². The van der Waals surface area contributed by atoms with E-state index in [1.165, 1.54) is 0 Å². The zero-order valence-corrected chi connectivity index (χ0v) is 13.2. The molecule has 0 fully saturated rings. The number of rotatable bonds is 6. The monoisotopic (exact) mass is 309 g/mol. The highest BCUT2D eigenvalue weighted by molar-refractivity contribution is 5.97. The van der Waals surface area contributed by atoms with E-state index in [-0.39, 0.29) is 5.91 Å². The highest BCUT2D eigenvalue weighted by atomic mass is 16.5. The van der Waals surface area contributed by atoms with Gasteiger partial charge in [0.15, 0.2) is 0 Å². The minimum absolute atomic E-state index is 0.157. The van der Waals surface area contributed by atoms with E-state index in [1.54, 1.807) is 26.2 Å². The Hall–Kier alpha value is -3.00. The van der Waals surface area contributed by atoms with Crippen molar-refractivity contribution >= 4 is 17.3 Å². The van der Waals surface area contributed by atoms with Crippen LogP contribution in [0.3, 0.4) is 0 Å². The van der Waals surface area contributed by atoms with Gasteiger partial charge in [0.1, 0.15) is 11.8 Å². The quantitative estimate of drug-likeness (QED) is 0.859. The number of carbonyl (C=O) groups is 1. The van der Waals surface area contributed by atoms with Gasteiger partial charge in [0.2, 0.25) is 5.91 Å². The van der Waals surface area contributed by atoms with E-state index >= 15 is 0 Å². The Bertz CT molecular complexity index is 705. The lowest BCUT2D eigenvalue weighted by Crippen LogP contribution is -2.31. The van der Waals surface area contributed by atoms with Crippen molar-refractivity contribution in [1.82, 2.24) is 0 Å². The molecule has 0 radical (unpaired) electrons. The first-order valence-electron chi connectivity index (χ1n) is 7.30. The molecule has 118 valence electrons. The number of hydrogen-bond donors (Lipinski definition) is 2. The Balaban J connectivity index is 1.98. The van der Waals surface area contributed by atoms with Gasteiger partial charge >= 0.3 is 0 Å². The summed E-state index contributed by atoms with van der Waals surface area (Å²) in [5.74, 6) is 0.463. The maximum Gasteiger partial charge on any atom is 0.246 e. The van der Waals surface area contributed by atoms with Gasteiger partial charge in [0, 0.05) is 5.69 Å². The maximum atomic E-state index is 12.3. The molecule has 0 aliphatic carbocycles. The van der Waals surface area contributed by atoms with E-state index in [9.17, 15) is 4.79 Å². The average Bonchev–Trinajstić information content (AvgIpc) is 2.57. The summed E-state index contributed by atoms with van der Waals surface area (Å²) in [6, 6.07) is 16.4. The molecule has 0 aliphatic heterocycles. The molecular formula is C18H19N3O2. The normalized spacial score (nSPS) is 11.2. The average molecular weight is 309 g/mol. The van der Waals surface area contributed by atoms with Crippen LogP contribution in [0.2, 0.25) is 0 Å². The summed E-state index contributed by atoms with van der Waals surface area (Å²) in [4.78, 5) is 12.3. The highest BCUT2D eigenvalue weighted by Gasteiger charge is 2.14. The van der Waals surface area contributed by atoms with Crippen LogP contribution >= 0.6 is 0 Å². The van der Waals surface area contributed by atoms with Crippen molar-refractivity contribution in [3.63, 3.8) is 0 Å². The van der Waals surface area contributed by atoms with Gasteiger partial charge in [-0.25, -0.2) is 0 Å². The minimum atomic E-state index is -0.415. The minimum Gasteiger partial charge on any atom is -0.495 e. The van der Waals surface area contributed by atoms with E-state index in [0.717, 1.165) is 11.3 Å². The molecule has 0 heterocycles. The molecule has 5 heteroatoms. The second-order valence-corrected chi connectivity index (χ2v) is 5.09. The lowest BCUT2D eigenvalue weighted by Gasteiger charge is -2.16. The Morgan fingerprint density at radius 2 is 1.91 bits per heavy atom. The number of anilines is 2. The van der Waals surface area contributed by atoms with Gasteiger partial charge < -0.3 is 15.4 Å². The topological polar surface area (TPSA) is 74.2 Å². The van der Waals surface area contributed by atoms with Gasteiger partial charge in [-0.05, 0) is 36.8 Å². The van der Waals surface area contributed by atoms with Crippen LogP contribution in [0.25, 0.3) is 0 Å². The lowest BCUT2D eigenvalue weighted by atomic mass is 10.1. The first-order valence-corrected chi connectivity index (χ1v) is 7.30. The second-order valence-electron chi connectivity index (χ2n) is 5.09. The molecule has 2 aromatic carbocycles. The molecule has 2 aromatic rings. The molecule has 1 amide bonds. The van der Waals surface area contributed by atoms with Crippen LogP contribution in [-0.2, 0) is 11.2 Å². The van der Waals surface area contributed by atoms with Gasteiger partial charge in [-0.1, -0.05) is 24.3 Å². The van der Waals surface area contributed by atoms with Crippen molar-refractivity contribution < 1.29 is 9.53 Å². The number of methoxy groups -OCH3 is 1. The number of para-hydroxylation sites is 2. The molecule has 2 rings (SSSR count). The Morgan fingerprint density at radius 1 is 1.22 bits per heavy atom. The van der Waals surface area contributed by atoms with E-state index in [1.807, 2.05) is 36.4 Å². The standard InChI is InChI=1S/C18H19N3O2/c1-13(20-15-9-7-14(8-10-15)11-12-19)18(22)21-16-5-3-4-6-17(16)23-2/h3-10,13,20H,11H2,1-2H3,(H,21,22). The summed E-state index contributed by atoms with van der Waals surface area (Å²) in [5, 5.41) is 14.6. The number of nitrogens with one attached hydrogen (secondary N) is 2. The molecule has 0 saturated carbocycles. The molecular weight excluding hydrogens is 290 g/mol. The van der Waals surface area contributed by atoms with Crippen molar-refractivity contribution in [1.29, 1.82) is 5.26 Å². The Labute approximate surface area is 135 Å². The summed E-state index contributed by atoms with van der Waals surface area (Å²) < 4.78 is 5.22. The third-order valence-electron chi connectivity index (χ3n) is 3.38. The predicted molar refractivity (Wildman–Crippen MR) is 90.5 cm³/mol. The smallest absolute Gasteiger partial charge is 0.246 e.